The summed E-state index contributed by atoms with van der Waals surface area (Å²) >= 11 is 11.9. The van der Waals surface area contributed by atoms with Gasteiger partial charge in [-0.15, -0.1) is 0 Å². The normalized spacial score (nSPS) is 11.9. The molecule has 0 saturated heterocycles. The van der Waals surface area contributed by atoms with Gasteiger partial charge in [-0.1, -0.05) is 76.9 Å². The fourth-order valence-corrected chi connectivity index (χ4v) is 3.66. The van der Waals surface area contributed by atoms with E-state index in [1.165, 1.54) is 12.1 Å². The molecule has 0 saturated carbocycles. The molecule has 2 rings (SSSR count). The molecule has 0 aliphatic heterocycles. The number of carbonyl (C=O) groups is 2. The fraction of sp³-hybridized carbons (Fsp3) is 0.417. The number of nitrogens with one attached hydrogen (secondary N) is 2. The SMILES string of the molecule is CC(C)(C)c1cc(CCC(=O)NNC(=O)c2ccc(Cl)cc2Cl)cc(C(C)(C)C)c1O. The summed E-state index contributed by atoms with van der Waals surface area (Å²) in [6, 6.07) is 8.40. The third-order valence-corrected chi connectivity index (χ3v) is 5.47. The molecule has 2 amide bonds. The van der Waals surface area contributed by atoms with E-state index in [1.807, 2.05) is 53.7 Å². The van der Waals surface area contributed by atoms with E-state index in [0.29, 0.717) is 17.2 Å². The Labute approximate surface area is 194 Å². The van der Waals surface area contributed by atoms with Crippen molar-refractivity contribution >= 4 is 35.0 Å². The molecule has 0 radical (unpaired) electrons. The summed E-state index contributed by atoms with van der Waals surface area (Å²) in [6.07, 6.45) is 0.641. The molecule has 0 aliphatic carbocycles. The van der Waals surface area contributed by atoms with Crippen LogP contribution in [0.1, 0.15) is 75.0 Å². The van der Waals surface area contributed by atoms with Gasteiger partial charge in [0.1, 0.15) is 5.75 Å². The maximum absolute atomic E-state index is 12.3. The number of hydrogen-bond donors (Lipinski definition) is 3. The Kier molecular flexibility index (Phi) is 7.66. The monoisotopic (exact) mass is 464 g/mol. The minimum Gasteiger partial charge on any atom is -0.507 e. The predicted molar refractivity (Wildman–Crippen MR) is 126 cm³/mol. The van der Waals surface area contributed by atoms with Crippen LogP contribution in [0.3, 0.4) is 0 Å². The number of aryl methyl sites for hydroxylation is 1. The van der Waals surface area contributed by atoms with Crippen molar-refractivity contribution in [2.24, 2.45) is 0 Å². The lowest BCUT2D eigenvalue weighted by Gasteiger charge is -2.28. The van der Waals surface area contributed by atoms with Gasteiger partial charge in [-0.3, -0.25) is 20.4 Å². The van der Waals surface area contributed by atoms with Gasteiger partial charge in [0.15, 0.2) is 0 Å². The number of carbonyl (C=O) groups excluding carboxylic acids is 2. The molecule has 0 unspecified atom stereocenters. The molecule has 0 aliphatic rings. The molecule has 0 aromatic heterocycles. The van der Waals surface area contributed by atoms with Crippen molar-refractivity contribution in [1.82, 2.24) is 10.9 Å². The van der Waals surface area contributed by atoms with E-state index in [4.69, 9.17) is 23.2 Å². The number of halogens is 2. The van der Waals surface area contributed by atoms with Crippen LogP contribution in [-0.4, -0.2) is 16.9 Å². The predicted octanol–water partition coefficient (Wildman–Crippen LogP) is 5.69. The lowest BCUT2D eigenvalue weighted by molar-refractivity contribution is -0.121. The maximum atomic E-state index is 12.3. The molecule has 7 heteroatoms. The van der Waals surface area contributed by atoms with Crippen LogP contribution in [-0.2, 0) is 22.0 Å². The van der Waals surface area contributed by atoms with E-state index >= 15 is 0 Å². The van der Waals surface area contributed by atoms with Crippen molar-refractivity contribution in [3.05, 3.63) is 62.6 Å². The van der Waals surface area contributed by atoms with Gasteiger partial charge < -0.3 is 5.11 Å². The van der Waals surface area contributed by atoms with Crippen LogP contribution in [0.15, 0.2) is 30.3 Å². The molecule has 2 aromatic rings. The highest BCUT2D eigenvalue weighted by Crippen LogP contribution is 2.40. The molecule has 0 fully saturated rings. The molecule has 2 aromatic carbocycles. The van der Waals surface area contributed by atoms with Gasteiger partial charge >= 0.3 is 0 Å². The Balaban J connectivity index is 2.08. The average molecular weight is 465 g/mol. The molecule has 168 valence electrons. The molecule has 0 heterocycles. The van der Waals surface area contributed by atoms with Gasteiger partial charge in [-0.2, -0.15) is 0 Å². The molecule has 3 N–H and O–H groups in total. The third-order valence-electron chi connectivity index (χ3n) is 4.92. The number of benzene rings is 2. The highest BCUT2D eigenvalue weighted by molar-refractivity contribution is 6.36. The number of phenols is 1. The smallest absolute Gasteiger partial charge is 0.271 e. The van der Waals surface area contributed by atoms with Crippen LogP contribution in [0.2, 0.25) is 10.0 Å². The zero-order valence-electron chi connectivity index (χ0n) is 18.8. The van der Waals surface area contributed by atoms with Crippen LogP contribution in [0, 0.1) is 0 Å². The second-order valence-corrected chi connectivity index (χ2v) is 10.5. The number of aromatic hydroxyl groups is 1. The Hall–Kier alpha value is -2.24. The van der Waals surface area contributed by atoms with Crippen molar-refractivity contribution in [3.63, 3.8) is 0 Å². The molecule has 0 spiro atoms. The van der Waals surface area contributed by atoms with Crippen molar-refractivity contribution in [2.45, 2.75) is 65.2 Å². The molecular weight excluding hydrogens is 435 g/mol. The highest BCUT2D eigenvalue weighted by atomic mass is 35.5. The summed E-state index contributed by atoms with van der Waals surface area (Å²) in [7, 11) is 0. The van der Waals surface area contributed by atoms with Crippen LogP contribution < -0.4 is 10.9 Å². The second-order valence-electron chi connectivity index (χ2n) is 9.67. The van der Waals surface area contributed by atoms with Gasteiger partial charge in [0, 0.05) is 11.4 Å². The van der Waals surface area contributed by atoms with Crippen LogP contribution >= 0.6 is 23.2 Å². The van der Waals surface area contributed by atoms with Gasteiger partial charge in [0.2, 0.25) is 5.91 Å². The lowest BCUT2D eigenvalue weighted by atomic mass is 9.78. The van der Waals surface area contributed by atoms with E-state index < -0.39 is 5.91 Å². The zero-order valence-corrected chi connectivity index (χ0v) is 20.3. The van der Waals surface area contributed by atoms with Crippen molar-refractivity contribution in [3.8, 4) is 5.75 Å². The van der Waals surface area contributed by atoms with E-state index in [9.17, 15) is 14.7 Å². The highest BCUT2D eigenvalue weighted by Gasteiger charge is 2.26. The first-order valence-corrected chi connectivity index (χ1v) is 10.9. The van der Waals surface area contributed by atoms with Crippen LogP contribution in [0.5, 0.6) is 5.75 Å². The first kappa shape index (κ1) is 25.0. The van der Waals surface area contributed by atoms with Gasteiger partial charge in [-0.05, 0) is 52.1 Å². The number of amides is 2. The number of hydrogen-bond acceptors (Lipinski definition) is 3. The molecule has 31 heavy (non-hydrogen) atoms. The standard InChI is InChI=1S/C24H30Cl2N2O3/c1-23(2,3)17-11-14(12-18(21(17)30)24(4,5)6)7-10-20(29)27-28-22(31)16-9-8-15(25)13-19(16)26/h8-9,11-13,30H,7,10H2,1-6H3,(H,27,29)(H,28,31). The topological polar surface area (TPSA) is 78.4 Å². The minimum atomic E-state index is -0.523. The molecule has 0 bridgehead atoms. The van der Waals surface area contributed by atoms with E-state index in [2.05, 4.69) is 10.9 Å². The summed E-state index contributed by atoms with van der Waals surface area (Å²) in [5, 5.41) is 11.4. The summed E-state index contributed by atoms with van der Waals surface area (Å²) < 4.78 is 0. The zero-order chi connectivity index (χ0) is 23.6. The molecular formula is C24H30Cl2N2O3. The van der Waals surface area contributed by atoms with E-state index in [0.717, 1.165) is 16.7 Å². The second kappa shape index (κ2) is 9.49. The van der Waals surface area contributed by atoms with Crippen LogP contribution in [0.25, 0.3) is 0 Å². The molecule has 0 atom stereocenters. The number of rotatable bonds is 4. The lowest BCUT2D eigenvalue weighted by Crippen LogP contribution is -2.41. The van der Waals surface area contributed by atoms with E-state index in [-0.39, 0.29) is 33.7 Å². The Bertz CT molecular complexity index is 954. The Morgan fingerprint density at radius 3 is 1.94 bits per heavy atom. The van der Waals surface area contributed by atoms with E-state index in [1.54, 1.807) is 6.07 Å². The Morgan fingerprint density at radius 1 is 0.903 bits per heavy atom. The van der Waals surface area contributed by atoms with Gasteiger partial charge in [0.25, 0.3) is 5.91 Å². The minimum absolute atomic E-state index is 0.173. The number of hydrazine groups is 1. The Morgan fingerprint density at radius 2 is 1.45 bits per heavy atom. The van der Waals surface area contributed by atoms with Crippen molar-refractivity contribution in [1.29, 1.82) is 0 Å². The molecule has 5 nitrogen and oxygen atoms in total. The quantitative estimate of drug-likeness (QED) is 0.508. The van der Waals surface area contributed by atoms with Crippen molar-refractivity contribution < 1.29 is 14.7 Å². The fourth-order valence-electron chi connectivity index (χ4n) is 3.17. The van der Waals surface area contributed by atoms with Gasteiger partial charge in [0.05, 0.1) is 10.6 Å². The first-order valence-electron chi connectivity index (χ1n) is 10.1. The first-order chi connectivity index (χ1) is 14.2. The largest absolute Gasteiger partial charge is 0.507 e. The summed E-state index contributed by atoms with van der Waals surface area (Å²) in [5.41, 5.74) is 7.17. The van der Waals surface area contributed by atoms with Gasteiger partial charge in [-0.25, -0.2) is 0 Å². The van der Waals surface area contributed by atoms with Crippen LogP contribution in [0.4, 0.5) is 0 Å². The summed E-state index contributed by atoms with van der Waals surface area (Å²) in [6.45, 7) is 12.3. The summed E-state index contributed by atoms with van der Waals surface area (Å²) in [4.78, 5) is 24.5. The third kappa shape index (κ3) is 6.62. The average Bonchev–Trinajstić information content (AvgIpc) is 2.63. The maximum Gasteiger partial charge on any atom is 0.271 e. The summed E-state index contributed by atoms with van der Waals surface area (Å²) in [5.74, 6) is -0.550. The number of phenolic OH excluding ortho intramolecular Hbond substituents is 1. The van der Waals surface area contributed by atoms with Crippen molar-refractivity contribution in [2.75, 3.05) is 0 Å².